The molecule has 5 nitrogen and oxygen atoms in total. The van der Waals surface area contributed by atoms with Crippen LogP contribution in [-0.2, 0) is 4.84 Å². The summed E-state index contributed by atoms with van der Waals surface area (Å²) in [4.78, 5) is 4.75. The van der Waals surface area contributed by atoms with Crippen LogP contribution in [0.1, 0.15) is 13.8 Å². The van der Waals surface area contributed by atoms with Crippen LogP contribution in [-0.4, -0.2) is 23.6 Å². The largest absolute Gasteiger partial charge is 0.596 e. The average Bonchev–Trinajstić information content (AvgIpc) is 2.00. The van der Waals surface area contributed by atoms with E-state index in [1.54, 1.807) is 6.92 Å². The minimum atomic E-state index is -0.386. The number of hydrogen-bond acceptors (Lipinski definition) is 4. The molecule has 0 amide bonds. The van der Waals surface area contributed by atoms with E-state index >= 15 is 0 Å². The van der Waals surface area contributed by atoms with E-state index in [1.165, 1.54) is 0 Å². The first-order chi connectivity index (χ1) is 5.22. The molecule has 0 spiro atoms. The van der Waals surface area contributed by atoms with Crippen molar-refractivity contribution in [3.63, 3.8) is 0 Å². The normalized spacial score (nSPS) is 14.6. The van der Waals surface area contributed by atoms with Gasteiger partial charge in [0.2, 0.25) is 11.4 Å². The molecule has 0 aromatic heterocycles. The van der Waals surface area contributed by atoms with E-state index in [9.17, 15) is 5.21 Å². The Labute approximate surface area is 70.5 Å². The molecular weight excluding hydrogens is 170 g/mol. The summed E-state index contributed by atoms with van der Waals surface area (Å²) in [5.41, 5.74) is 0. The predicted molar refractivity (Wildman–Crippen MR) is 41.0 cm³/mol. The monoisotopic (exact) mass is 181 g/mol. The zero-order valence-corrected chi connectivity index (χ0v) is 7.34. The Hall–Kier alpha value is -0.550. The fourth-order valence-electron chi connectivity index (χ4n) is 0.523. The number of hydroxylamine groups is 1. The van der Waals surface area contributed by atoms with Gasteiger partial charge in [0.05, 0.1) is 0 Å². The van der Waals surface area contributed by atoms with Gasteiger partial charge in [-0.2, -0.15) is 0 Å². The first kappa shape index (κ1) is 10.4. The van der Waals surface area contributed by atoms with Crippen molar-refractivity contribution in [1.82, 2.24) is 5.32 Å². The topological polar surface area (TPSA) is 59.7 Å². The zero-order valence-electron chi connectivity index (χ0n) is 6.58. The molecular formula is C5H12ClN3O2. The third-order valence-electron chi connectivity index (χ3n) is 1.02. The SMILES string of the molecule is CCNC(C)/[N+]([O-])=N/OCCl. The number of alkyl halides is 1. The van der Waals surface area contributed by atoms with E-state index < -0.39 is 0 Å². The highest BCUT2D eigenvalue weighted by atomic mass is 35.5. The Kier molecular flexibility index (Phi) is 5.87. The third kappa shape index (κ3) is 4.80. The van der Waals surface area contributed by atoms with Gasteiger partial charge in [-0.05, 0) is 11.4 Å². The maximum Gasteiger partial charge on any atom is 0.244 e. The van der Waals surface area contributed by atoms with Crippen LogP contribution in [0.15, 0.2) is 5.28 Å². The highest BCUT2D eigenvalue weighted by molar-refractivity contribution is 6.17. The lowest BCUT2D eigenvalue weighted by atomic mass is 10.5. The van der Waals surface area contributed by atoms with Crippen molar-refractivity contribution in [1.29, 1.82) is 0 Å². The van der Waals surface area contributed by atoms with Crippen LogP contribution in [0.5, 0.6) is 0 Å². The third-order valence-corrected chi connectivity index (χ3v) is 1.12. The summed E-state index contributed by atoms with van der Waals surface area (Å²) >= 11 is 5.13. The summed E-state index contributed by atoms with van der Waals surface area (Å²) in [7, 11) is 0. The summed E-state index contributed by atoms with van der Waals surface area (Å²) in [6.07, 6.45) is -0.386. The van der Waals surface area contributed by atoms with Crippen LogP contribution in [0.25, 0.3) is 0 Å². The number of nitrogens with zero attached hydrogens (tertiary/aromatic N) is 2. The molecule has 1 N–H and O–H groups in total. The average molecular weight is 182 g/mol. The molecule has 0 saturated heterocycles. The summed E-state index contributed by atoms with van der Waals surface area (Å²) in [6, 6.07) is -0.114. The molecule has 11 heavy (non-hydrogen) atoms. The van der Waals surface area contributed by atoms with Crippen molar-refractivity contribution >= 4 is 11.6 Å². The fraction of sp³-hybridized carbons (Fsp3) is 1.00. The van der Waals surface area contributed by atoms with E-state index in [0.717, 1.165) is 0 Å². The summed E-state index contributed by atoms with van der Waals surface area (Å²) in [5, 5.41) is 16.8. The van der Waals surface area contributed by atoms with Crippen LogP contribution in [0, 0.1) is 5.21 Å². The quantitative estimate of drug-likeness (QED) is 0.227. The molecule has 0 fully saturated rings. The molecule has 0 heterocycles. The van der Waals surface area contributed by atoms with Gasteiger partial charge in [0.25, 0.3) is 0 Å². The predicted octanol–water partition coefficient (Wildman–Crippen LogP) is 1.03. The van der Waals surface area contributed by atoms with E-state index in [1.807, 2.05) is 6.92 Å². The van der Waals surface area contributed by atoms with E-state index in [-0.39, 0.29) is 12.2 Å². The summed E-state index contributed by atoms with van der Waals surface area (Å²) in [5.74, 6) is 0. The number of nitrogens with one attached hydrogen (secondary N) is 1. The molecule has 0 radical (unpaired) electrons. The standard InChI is InChI=1S/C5H12ClN3O2/c1-3-7-5(2)9(10)8-11-4-6/h5,7H,3-4H2,1-2H3/b9-8-. The summed E-state index contributed by atoms with van der Waals surface area (Å²) < 4.78 is 0. The Morgan fingerprint density at radius 2 is 2.45 bits per heavy atom. The second-order valence-corrected chi connectivity index (χ2v) is 2.07. The number of halogens is 1. The van der Waals surface area contributed by atoms with E-state index in [4.69, 9.17) is 11.6 Å². The fourth-order valence-corrected chi connectivity index (χ4v) is 0.567. The highest BCUT2D eigenvalue weighted by Crippen LogP contribution is 1.88. The molecule has 66 valence electrons. The molecule has 0 bridgehead atoms. The first-order valence-electron chi connectivity index (χ1n) is 3.31. The lowest BCUT2D eigenvalue weighted by Gasteiger charge is -2.07. The van der Waals surface area contributed by atoms with Gasteiger partial charge in [-0.15, -0.1) is 0 Å². The van der Waals surface area contributed by atoms with Crippen LogP contribution < -0.4 is 5.32 Å². The van der Waals surface area contributed by atoms with Crippen molar-refractivity contribution in [2.45, 2.75) is 20.0 Å². The second kappa shape index (κ2) is 6.18. The molecule has 0 aliphatic carbocycles. The smallest absolute Gasteiger partial charge is 0.244 e. The van der Waals surface area contributed by atoms with E-state index in [0.29, 0.717) is 11.4 Å². The maximum absolute atomic E-state index is 10.8. The van der Waals surface area contributed by atoms with Crippen LogP contribution >= 0.6 is 11.6 Å². The van der Waals surface area contributed by atoms with Gasteiger partial charge in [-0.1, -0.05) is 18.5 Å². The molecule has 0 aromatic carbocycles. The van der Waals surface area contributed by atoms with Crippen LogP contribution in [0.3, 0.4) is 0 Å². The van der Waals surface area contributed by atoms with Crippen molar-refractivity contribution in [3.05, 3.63) is 5.21 Å². The van der Waals surface area contributed by atoms with Crippen LogP contribution in [0.2, 0.25) is 0 Å². The highest BCUT2D eigenvalue weighted by Gasteiger charge is 2.07. The molecule has 6 heteroatoms. The van der Waals surface area contributed by atoms with Gasteiger partial charge in [-0.25, -0.2) is 0 Å². The molecule has 1 atom stereocenters. The molecule has 0 aromatic rings. The Morgan fingerprint density at radius 3 is 2.91 bits per heavy atom. The lowest BCUT2D eigenvalue weighted by molar-refractivity contribution is -0.595. The molecule has 0 rings (SSSR count). The van der Waals surface area contributed by atoms with Gasteiger partial charge in [0.15, 0.2) is 6.07 Å². The Morgan fingerprint density at radius 1 is 1.82 bits per heavy atom. The first-order valence-corrected chi connectivity index (χ1v) is 3.84. The zero-order chi connectivity index (χ0) is 8.69. The minimum absolute atomic E-state index is 0.114. The molecule has 1 unspecified atom stereocenters. The number of hydrogen-bond donors (Lipinski definition) is 1. The minimum Gasteiger partial charge on any atom is -0.596 e. The van der Waals surface area contributed by atoms with Crippen molar-refractivity contribution in [3.8, 4) is 0 Å². The van der Waals surface area contributed by atoms with Crippen molar-refractivity contribution < 1.29 is 9.70 Å². The summed E-state index contributed by atoms with van der Waals surface area (Å²) in [6.45, 7) is 4.28. The van der Waals surface area contributed by atoms with Gasteiger partial charge in [0, 0.05) is 6.92 Å². The van der Waals surface area contributed by atoms with Gasteiger partial charge in [0.1, 0.15) is 0 Å². The Bertz CT molecular complexity index is 131. The maximum atomic E-state index is 10.8. The number of rotatable bonds is 5. The van der Waals surface area contributed by atoms with Gasteiger partial charge >= 0.3 is 0 Å². The lowest BCUT2D eigenvalue weighted by Crippen LogP contribution is -2.33. The van der Waals surface area contributed by atoms with Gasteiger partial charge < -0.3 is 10.0 Å². The van der Waals surface area contributed by atoms with Gasteiger partial charge in [-0.3, -0.25) is 5.32 Å². The van der Waals surface area contributed by atoms with Crippen molar-refractivity contribution in [2.24, 2.45) is 5.28 Å². The second-order valence-electron chi connectivity index (χ2n) is 1.86. The van der Waals surface area contributed by atoms with E-state index in [2.05, 4.69) is 15.4 Å². The molecule has 0 aliphatic rings. The van der Waals surface area contributed by atoms with Crippen LogP contribution in [0.4, 0.5) is 0 Å². The Balaban J connectivity index is 3.69. The molecule has 0 aliphatic heterocycles. The van der Waals surface area contributed by atoms with Crippen molar-refractivity contribution in [2.75, 3.05) is 12.6 Å². The molecule has 0 saturated carbocycles.